The third-order valence-corrected chi connectivity index (χ3v) is 4.33. The zero-order chi connectivity index (χ0) is 19.4. The Labute approximate surface area is 157 Å². The molecule has 140 valence electrons. The van der Waals surface area contributed by atoms with Gasteiger partial charge in [0.05, 0.1) is 11.7 Å². The Kier molecular flexibility index (Phi) is 5.54. The van der Waals surface area contributed by atoms with Crippen molar-refractivity contribution in [2.75, 3.05) is 0 Å². The SMILES string of the molecule is Cc1ccc(C)c([C@H](C)NC(=O)c2cc(COc3ccccc3F)[nH]n2)c1. The maximum atomic E-state index is 13.6. The molecule has 1 atom stereocenters. The molecule has 1 amide bonds. The predicted octanol–water partition coefficient (Wildman–Crippen LogP) is 4.24. The molecule has 0 aliphatic carbocycles. The van der Waals surface area contributed by atoms with Crippen LogP contribution in [-0.2, 0) is 6.61 Å². The summed E-state index contributed by atoms with van der Waals surface area (Å²) in [6, 6.07) is 13.8. The van der Waals surface area contributed by atoms with E-state index in [1.54, 1.807) is 24.3 Å². The molecule has 27 heavy (non-hydrogen) atoms. The molecule has 0 aliphatic rings. The Morgan fingerprint density at radius 2 is 2.00 bits per heavy atom. The highest BCUT2D eigenvalue weighted by atomic mass is 19.1. The maximum Gasteiger partial charge on any atom is 0.272 e. The van der Waals surface area contributed by atoms with E-state index in [1.807, 2.05) is 32.9 Å². The third kappa shape index (κ3) is 4.53. The van der Waals surface area contributed by atoms with E-state index in [2.05, 4.69) is 21.6 Å². The number of aromatic amines is 1. The van der Waals surface area contributed by atoms with Crippen LogP contribution in [0, 0.1) is 19.7 Å². The quantitative estimate of drug-likeness (QED) is 0.685. The summed E-state index contributed by atoms with van der Waals surface area (Å²) in [4.78, 5) is 12.5. The first-order valence-corrected chi connectivity index (χ1v) is 8.73. The summed E-state index contributed by atoms with van der Waals surface area (Å²) in [5, 5.41) is 9.73. The minimum Gasteiger partial charge on any atom is -0.484 e. The number of halogens is 1. The van der Waals surface area contributed by atoms with Gasteiger partial charge in [0.15, 0.2) is 11.6 Å². The summed E-state index contributed by atoms with van der Waals surface area (Å²) in [6.07, 6.45) is 0. The number of nitrogens with one attached hydrogen (secondary N) is 2. The van der Waals surface area contributed by atoms with E-state index in [4.69, 9.17) is 4.74 Å². The van der Waals surface area contributed by atoms with Crippen LogP contribution in [0.25, 0.3) is 0 Å². The van der Waals surface area contributed by atoms with Gasteiger partial charge in [0, 0.05) is 0 Å². The van der Waals surface area contributed by atoms with Gasteiger partial charge in [-0.15, -0.1) is 0 Å². The molecule has 0 aliphatic heterocycles. The first kappa shape index (κ1) is 18.6. The molecule has 0 radical (unpaired) electrons. The fourth-order valence-corrected chi connectivity index (χ4v) is 2.84. The standard InChI is InChI=1S/C21H22FN3O2/c1-13-8-9-14(2)17(10-13)15(3)23-21(26)19-11-16(24-25-19)12-27-20-7-5-4-6-18(20)22/h4-11,15H,12H2,1-3H3,(H,23,26)(H,24,25)/t15-/m0/s1. The predicted molar refractivity (Wildman–Crippen MR) is 101 cm³/mol. The van der Waals surface area contributed by atoms with Crippen molar-refractivity contribution in [3.8, 4) is 5.75 Å². The van der Waals surface area contributed by atoms with Gasteiger partial charge in [-0.2, -0.15) is 5.10 Å². The van der Waals surface area contributed by atoms with Gasteiger partial charge in [-0.25, -0.2) is 4.39 Å². The molecule has 0 saturated carbocycles. The number of carbonyl (C=O) groups is 1. The van der Waals surface area contributed by atoms with E-state index in [0.717, 1.165) is 16.7 Å². The lowest BCUT2D eigenvalue weighted by atomic mass is 10.00. The Balaban J connectivity index is 1.63. The fraction of sp³-hybridized carbons (Fsp3) is 0.238. The minimum atomic E-state index is -0.433. The molecule has 0 fully saturated rings. The first-order chi connectivity index (χ1) is 12.9. The number of H-pyrrole nitrogens is 1. The van der Waals surface area contributed by atoms with Crippen LogP contribution in [0.3, 0.4) is 0 Å². The zero-order valence-electron chi connectivity index (χ0n) is 15.5. The van der Waals surface area contributed by atoms with Gasteiger partial charge >= 0.3 is 0 Å². The molecule has 2 N–H and O–H groups in total. The third-order valence-electron chi connectivity index (χ3n) is 4.33. The van der Waals surface area contributed by atoms with E-state index < -0.39 is 5.82 Å². The highest BCUT2D eigenvalue weighted by Crippen LogP contribution is 2.20. The van der Waals surface area contributed by atoms with Gasteiger partial charge in [0.1, 0.15) is 12.3 Å². The van der Waals surface area contributed by atoms with Crippen LogP contribution in [0.5, 0.6) is 5.75 Å². The van der Waals surface area contributed by atoms with Gasteiger partial charge in [-0.1, -0.05) is 35.9 Å². The van der Waals surface area contributed by atoms with E-state index in [0.29, 0.717) is 5.69 Å². The molecule has 0 bridgehead atoms. The number of benzene rings is 2. The minimum absolute atomic E-state index is 0.0910. The second-order valence-corrected chi connectivity index (χ2v) is 6.55. The average Bonchev–Trinajstić information content (AvgIpc) is 3.12. The van der Waals surface area contributed by atoms with Gasteiger partial charge in [0.25, 0.3) is 5.91 Å². The molecule has 2 aromatic carbocycles. The highest BCUT2D eigenvalue weighted by molar-refractivity contribution is 5.92. The number of rotatable bonds is 6. The largest absolute Gasteiger partial charge is 0.484 e. The Hall–Kier alpha value is -3.15. The summed E-state index contributed by atoms with van der Waals surface area (Å²) in [6.45, 7) is 6.07. The smallest absolute Gasteiger partial charge is 0.272 e. The highest BCUT2D eigenvalue weighted by Gasteiger charge is 2.16. The number of ether oxygens (including phenoxy) is 1. The van der Waals surface area contributed by atoms with Crippen molar-refractivity contribution in [3.05, 3.63) is 82.4 Å². The molecule has 1 heterocycles. The number of amides is 1. The van der Waals surface area contributed by atoms with Crippen LogP contribution in [0.4, 0.5) is 4.39 Å². The van der Waals surface area contributed by atoms with Crippen LogP contribution >= 0.6 is 0 Å². The molecule has 6 heteroatoms. The first-order valence-electron chi connectivity index (χ1n) is 8.73. The van der Waals surface area contributed by atoms with E-state index in [1.165, 1.54) is 6.07 Å². The summed E-state index contributed by atoms with van der Waals surface area (Å²) >= 11 is 0. The molecule has 5 nitrogen and oxygen atoms in total. The van der Waals surface area contributed by atoms with E-state index in [9.17, 15) is 9.18 Å². The van der Waals surface area contributed by atoms with Crippen LogP contribution < -0.4 is 10.1 Å². The Morgan fingerprint density at radius 1 is 1.22 bits per heavy atom. The van der Waals surface area contributed by atoms with Crippen LogP contribution in [0.1, 0.15) is 45.8 Å². The van der Waals surface area contributed by atoms with E-state index >= 15 is 0 Å². The van der Waals surface area contributed by atoms with Gasteiger partial charge in [0.2, 0.25) is 0 Å². The number of nitrogens with zero attached hydrogens (tertiary/aromatic N) is 1. The lowest BCUT2D eigenvalue weighted by Gasteiger charge is -2.16. The number of carbonyl (C=O) groups excluding carboxylic acids is 1. The van der Waals surface area contributed by atoms with E-state index in [-0.39, 0.29) is 30.0 Å². The molecule has 0 unspecified atom stereocenters. The second-order valence-electron chi connectivity index (χ2n) is 6.55. The van der Waals surface area contributed by atoms with Crippen molar-refractivity contribution < 1.29 is 13.9 Å². The van der Waals surface area contributed by atoms with Crippen LogP contribution in [0.2, 0.25) is 0 Å². The summed E-state index contributed by atoms with van der Waals surface area (Å²) in [5.74, 6) is -0.559. The topological polar surface area (TPSA) is 67.0 Å². The van der Waals surface area contributed by atoms with Crippen molar-refractivity contribution in [2.24, 2.45) is 0 Å². The Bertz CT molecular complexity index is 952. The van der Waals surface area contributed by atoms with Crippen LogP contribution in [-0.4, -0.2) is 16.1 Å². The monoisotopic (exact) mass is 367 g/mol. The normalized spacial score (nSPS) is 11.9. The Morgan fingerprint density at radius 3 is 2.78 bits per heavy atom. The number of hydrogen-bond donors (Lipinski definition) is 2. The number of para-hydroxylation sites is 1. The average molecular weight is 367 g/mol. The lowest BCUT2D eigenvalue weighted by Crippen LogP contribution is -2.27. The zero-order valence-corrected chi connectivity index (χ0v) is 15.5. The summed E-state index contributed by atoms with van der Waals surface area (Å²) in [5.41, 5.74) is 4.18. The van der Waals surface area contributed by atoms with Crippen molar-refractivity contribution in [1.82, 2.24) is 15.5 Å². The summed E-state index contributed by atoms with van der Waals surface area (Å²) < 4.78 is 19.0. The molecule has 3 aromatic rings. The van der Waals surface area contributed by atoms with Gasteiger partial charge in [-0.05, 0) is 50.1 Å². The maximum absolute atomic E-state index is 13.6. The molecular weight excluding hydrogens is 345 g/mol. The van der Waals surface area contributed by atoms with Crippen molar-refractivity contribution in [1.29, 1.82) is 0 Å². The molecule has 0 saturated heterocycles. The van der Waals surface area contributed by atoms with Crippen molar-refractivity contribution in [3.63, 3.8) is 0 Å². The van der Waals surface area contributed by atoms with Gasteiger partial charge in [-0.3, -0.25) is 9.89 Å². The second kappa shape index (κ2) is 8.03. The molecule has 3 rings (SSSR count). The fourth-order valence-electron chi connectivity index (χ4n) is 2.84. The number of hydrogen-bond acceptors (Lipinski definition) is 3. The van der Waals surface area contributed by atoms with Gasteiger partial charge < -0.3 is 10.1 Å². The molecule has 1 aromatic heterocycles. The van der Waals surface area contributed by atoms with Crippen LogP contribution in [0.15, 0.2) is 48.5 Å². The lowest BCUT2D eigenvalue weighted by molar-refractivity contribution is 0.0934. The number of aryl methyl sites for hydroxylation is 2. The number of aromatic nitrogens is 2. The molecular formula is C21H22FN3O2. The summed E-state index contributed by atoms with van der Waals surface area (Å²) in [7, 11) is 0. The van der Waals surface area contributed by atoms with Crippen molar-refractivity contribution >= 4 is 5.91 Å². The van der Waals surface area contributed by atoms with Crippen molar-refractivity contribution in [2.45, 2.75) is 33.4 Å². The molecule has 0 spiro atoms.